The van der Waals surface area contributed by atoms with E-state index < -0.39 is 7.82 Å². The lowest BCUT2D eigenvalue weighted by molar-refractivity contribution is -0.870. The van der Waals surface area contributed by atoms with Crippen molar-refractivity contribution in [1.82, 2.24) is 0 Å². The van der Waals surface area contributed by atoms with Gasteiger partial charge in [-0.1, -0.05) is 128 Å². The second kappa shape index (κ2) is 21.1. The maximum atomic E-state index is 11.9. The molecule has 0 aliphatic carbocycles. The Kier molecular flexibility index (Phi) is 18.9. The number of unbranched alkanes of at least 4 members (excludes halogenated alkanes) is 15. The molecule has 1 aromatic carbocycles. The van der Waals surface area contributed by atoms with E-state index in [-0.39, 0.29) is 19.1 Å². The van der Waals surface area contributed by atoms with E-state index in [2.05, 4.69) is 38.1 Å². The Bertz CT molecular complexity index is 882. The van der Waals surface area contributed by atoms with E-state index in [1.807, 2.05) is 21.1 Å². The summed E-state index contributed by atoms with van der Waals surface area (Å²) >= 11 is 0. The predicted molar refractivity (Wildman–Crippen MR) is 180 cm³/mol. The molecule has 9 heteroatoms. The Labute approximate surface area is 264 Å². The molecule has 1 saturated heterocycles. The molecule has 0 aromatic heterocycles. The van der Waals surface area contributed by atoms with Gasteiger partial charge in [-0.15, -0.1) is 0 Å². The summed E-state index contributed by atoms with van der Waals surface area (Å²) < 4.78 is 34.5. The van der Waals surface area contributed by atoms with Gasteiger partial charge in [-0.2, -0.15) is 0 Å². The maximum absolute atomic E-state index is 11.9. The molecule has 1 N–H and O–H groups in total. The second-order valence-electron chi connectivity index (χ2n) is 14.4. The van der Waals surface area contributed by atoms with Gasteiger partial charge in [0.15, 0.2) is 0 Å². The molecule has 1 aliphatic heterocycles. The topological polar surface area (TPSA) is 74.2 Å². The minimum atomic E-state index is -3.90. The van der Waals surface area contributed by atoms with Gasteiger partial charge in [-0.3, -0.25) is 9.05 Å². The SMILES string of the molecule is CC1(C)COB(c2ccc(CCCCCCCCCCCCCCCCCCOP(=O)(O)OCC[N+](C)(C)C)cc2)OC1. The van der Waals surface area contributed by atoms with Crippen molar-refractivity contribution in [3.63, 3.8) is 0 Å². The molecule has 43 heavy (non-hydrogen) atoms. The van der Waals surface area contributed by atoms with Crippen LogP contribution >= 0.6 is 7.82 Å². The summed E-state index contributed by atoms with van der Waals surface area (Å²) in [6, 6.07) is 8.82. The zero-order chi connectivity index (χ0) is 31.4. The van der Waals surface area contributed by atoms with Crippen molar-refractivity contribution in [3.8, 4) is 0 Å². The summed E-state index contributed by atoms with van der Waals surface area (Å²) in [6.45, 7) is 7.02. The number of nitrogens with zero attached hydrogens (tertiary/aromatic N) is 1. The smallest absolute Gasteiger partial charge is 0.407 e. The van der Waals surface area contributed by atoms with Crippen LogP contribution in [0.5, 0.6) is 0 Å². The van der Waals surface area contributed by atoms with Crippen LogP contribution in [-0.2, 0) is 29.3 Å². The lowest BCUT2D eigenvalue weighted by Gasteiger charge is -2.33. The first-order chi connectivity index (χ1) is 20.5. The van der Waals surface area contributed by atoms with Crippen LogP contribution in [-0.4, -0.2) is 70.6 Å². The molecule has 0 spiro atoms. The number of hydrogen-bond acceptors (Lipinski definition) is 5. The lowest BCUT2D eigenvalue weighted by Crippen LogP contribution is -2.47. The third kappa shape index (κ3) is 20.1. The van der Waals surface area contributed by atoms with Crippen LogP contribution in [0.3, 0.4) is 0 Å². The minimum absolute atomic E-state index is 0.109. The van der Waals surface area contributed by atoms with Crippen LogP contribution in [0.4, 0.5) is 0 Å². The number of likely N-dealkylation sites (N-methyl/N-ethyl adjacent to an activating group) is 1. The number of rotatable bonds is 25. The first-order valence-electron chi connectivity index (χ1n) is 17.2. The van der Waals surface area contributed by atoms with E-state index in [1.165, 1.54) is 89.0 Å². The number of hydrogen-bond donors (Lipinski definition) is 1. The molecule has 2 rings (SSSR count). The van der Waals surface area contributed by atoms with Gasteiger partial charge >= 0.3 is 14.9 Å². The van der Waals surface area contributed by atoms with Gasteiger partial charge in [0, 0.05) is 18.6 Å². The molecule has 0 radical (unpaired) electrons. The molecule has 1 heterocycles. The summed E-state index contributed by atoms with van der Waals surface area (Å²) in [5, 5.41) is 0. The highest BCUT2D eigenvalue weighted by Crippen LogP contribution is 2.43. The van der Waals surface area contributed by atoms with Crippen molar-refractivity contribution in [1.29, 1.82) is 0 Å². The van der Waals surface area contributed by atoms with Crippen molar-refractivity contribution in [2.75, 3.05) is 54.1 Å². The van der Waals surface area contributed by atoms with Gasteiger partial charge in [-0.05, 0) is 30.3 Å². The van der Waals surface area contributed by atoms with Crippen LogP contribution in [0, 0.1) is 5.41 Å². The highest BCUT2D eigenvalue weighted by molar-refractivity contribution is 7.47. The van der Waals surface area contributed by atoms with Gasteiger partial charge in [0.25, 0.3) is 0 Å². The molecule has 1 atom stereocenters. The monoisotopic (exact) mass is 624 g/mol. The lowest BCUT2D eigenvalue weighted by atomic mass is 9.75. The van der Waals surface area contributed by atoms with Gasteiger partial charge in [-0.25, -0.2) is 4.57 Å². The Morgan fingerprint density at radius 2 is 1.14 bits per heavy atom. The van der Waals surface area contributed by atoms with Gasteiger partial charge in [0.1, 0.15) is 13.2 Å². The molecule has 7 nitrogen and oxygen atoms in total. The van der Waals surface area contributed by atoms with Crippen molar-refractivity contribution in [2.24, 2.45) is 5.41 Å². The fraction of sp³-hybridized carbons (Fsp3) is 0.824. The molecule has 248 valence electrons. The molecular formula is C34H64BNO6P+. The summed E-state index contributed by atoms with van der Waals surface area (Å²) in [5.41, 5.74) is 2.65. The molecule has 0 saturated carbocycles. The highest BCUT2D eigenvalue weighted by atomic mass is 31.2. The van der Waals surface area contributed by atoms with E-state index in [1.54, 1.807) is 0 Å². The summed E-state index contributed by atoms with van der Waals surface area (Å²) in [6.07, 6.45) is 21.6. The van der Waals surface area contributed by atoms with Crippen LogP contribution in [0.25, 0.3) is 0 Å². The fourth-order valence-electron chi connectivity index (χ4n) is 5.28. The second-order valence-corrected chi connectivity index (χ2v) is 15.9. The number of benzene rings is 1. The maximum Gasteiger partial charge on any atom is 0.493 e. The average Bonchev–Trinajstić information content (AvgIpc) is 2.94. The normalized spacial score (nSPS) is 16.8. The number of phosphoric acid groups is 1. The molecule has 1 aliphatic rings. The predicted octanol–water partition coefficient (Wildman–Crippen LogP) is 8.08. The molecule has 0 bridgehead atoms. The molecule has 1 unspecified atom stereocenters. The van der Waals surface area contributed by atoms with Crippen molar-refractivity contribution in [3.05, 3.63) is 29.8 Å². The fourth-order valence-corrected chi connectivity index (χ4v) is 6.03. The zero-order valence-electron chi connectivity index (χ0n) is 28.3. The Balaban J connectivity index is 1.30. The summed E-state index contributed by atoms with van der Waals surface area (Å²) in [7, 11) is 1.94. The average molecular weight is 625 g/mol. The number of phosphoric ester groups is 1. The Morgan fingerprint density at radius 1 is 0.721 bits per heavy atom. The standard InChI is InChI=1S/C34H63BNO6P/c1-34(2)30-39-35(40-31-34)33-25-23-32(24-26-33)22-20-18-16-14-12-10-8-6-7-9-11-13-15-17-19-21-28-41-43(37,38)42-29-27-36(3,4)5/h23-26H,6-22,27-31H2,1-5H3/p+1. The minimum Gasteiger partial charge on any atom is -0.407 e. The van der Waals surface area contributed by atoms with Crippen molar-refractivity contribution >= 4 is 20.4 Å². The Morgan fingerprint density at radius 3 is 1.60 bits per heavy atom. The molecule has 1 aromatic rings. The molecule has 1 fully saturated rings. The molecule has 0 amide bonds. The van der Waals surface area contributed by atoms with Gasteiger partial charge in [0.2, 0.25) is 0 Å². The third-order valence-corrected chi connectivity index (χ3v) is 9.15. The number of quaternary nitrogens is 1. The first kappa shape index (κ1) is 38.5. The van der Waals surface area contributed by atoms with Crippen molar-refractivity contribution in [2.45, 2.75) is 123 Å². The van der Waals surface area contributed by atoms with E-state index >= 15 is 0 Å². The van der Waals surface area contributed by atoms with Crippen LogP contribution in [0.2, 0.25) is 0 Å². The van der Waals surface area contributed by atoms with Crippen LogP contribution < -0.4 is 5.46 Å². The van der Waals surface area contributed by atoms with Crippen molar-refractivity contribution < 1.29 is 32.3 Å². The largest absolute Gasteiger partial charge is 0.493 e. The van der Waals surface area contributed by atoms with E-state index in [9.17, 15) is 9.46 Å². The van der Waals surface area contributed by atoms with E-state index in [4.69, 9.17) is 18.4 Å². The quantitative estimate of drug-likeness (QED) is 0.0513. The zero-order valence-corrected chi connectivity index (χ0v) is 29.2. The highest BCUT2D eigenvalue weighted by Gasteiger charge is 2.33. The van der Waals surface area contributed by atoms with Gasteiger partial charge < -0.3 is 18.7 Å². The Hall–Kier alpha value is -0.725. The first-order valence-corrected chi connectivity index (χ1v) is 18.7. The number of aryl methyl sites for hydroxylation is 1. The van der Waals surface area contributed by atoms with Gasteiger partial charge in [0.05, 0.1) is 27.7 Å². The van der Waals surface area contributed by atoms with E-state index in [0.29, 0.717) is 17.6 Å². The van der Waals surface area contributed by atoms with Crippen LogP contribution in [0.1, 0.15) is 122 Å². The van der Waals surface area contributed by atoms with E-state index in [0.717, 1.165) is 44.4 Å². The van der Waals surface area contributed by atoms with Crippen LogP contribution in [0.15, 0.2) is 24.3 Å². The summed E-state index contributed by atoms with van der Waals surface area (Å²) in [5.74, 6) is 0. The molecular weight excluding hydrogens is 560 g/mol. The third-order valence-electron chi connectivity index (χ3n) is 8.13. The summed E-state index contributed by atoms with van der Waals surface area (Å²) in [4.78, 5) is 9.73.